The van der Waals surface area contributed by atoms with Crippen LogP contribution in [0, 0.1) is 0 Å². The zero-order valence-electron chi connectivity index (χ0n) is 9.64. The van der Waals surface area contributed by atoms with Crippen molar-refractivity contribution in [1.82, 2.24) is 0 Å². The summed E-state index contributed by atoms with van der Waals surface area (Å²) in [4.78, 5) is 20.2. The Morgan fingerprint density at radius 3 is 2.19 bits per heavy atom. The van der Waals surface area contributed by atoms with Gasteiger partial charge in [0.25, 0.3) is 0 Å². The van der Waals surface area contributed by atoms with E-state index in [-0.39, 0.29) is 12.6 Å². The molecule has 0 bridgehead atoms. The standard InChI is InChI=1S/C6H10O3.C5H8O2/c1-3-6(8)9-4-5(2)7;1-3-4-7-5(2)6/h3,5,7H,1,4H2,2H3;3H,1,4H2,2H3. The number of esters is 2. The maximum atomic E-state index is 10.3. The van der Waals surface area contributed by atoms with Crippen LogP contribution in [0.5, 0.6) is 0 Å². The molecular formula is C11H18O5. The van der Waals surface area contributed by atoms with E-state index in [0.29, 0.717) is 6.61 Å². The van der Waals surface area contributed by atoms with Gasteiger partial charge in [0.2, 0.25) is 0 Å². The number of rotatable bonds is 5. The lowest BCUT2D eigenvalue weighted by atomic mass is 10.4. The van der Waals surface area contributed by atoms with Gasteiger partial charge in [0.05, 0.1) is 6.10 Å². The molecule has 0 aromatic heterocycles. The summed E-state index contributed by atoms with van der Waals surface area (Å²) in [5, 5.41) is 8.59. The molecule has 92 valence electrons. The Balaban J connectivity index is 0. The van der Waals surface area contributed by atoms with Crippen LogP contribution in [0.2, 0.25) is 0 Å². The molecular weight excluding hydrogens is 212 g/mol. The van der Waals surface area contributed by atoms with Crippen molar-refractivity contribution in [1.29, 1.82) is 0 Å². The Bertz CT molecular complexity index is 233. The van der Waals surface area contributed by atoms with Crippen LogP contribution in [0.4, 0.5) is 0 Å². The van der Waals surface area contributed by atoms with Crippen molar-refractivity contribution in [3.05, 3.63) is 25.3 Å². The molecule has 1 unspecified atom stereocenters. The number of aliphatic hydroxyl groups is 1. The second-order valence-corrected chi connectivity index (χ2v) is 2.77. The van der Waals surface area contributed by atoms with Gasteiger partial charge in [-0.25, -0.2) is 4.79 Å². The molecule has 0 aliphatic rings. The number of hydrogen-bond acceptors (Lipinski definition) is 5. The number of aliphatic hydroxyl groups excluding tert-OH is 1. The zero-order valence-corrected chi connectivity index (χ0v) is 9.64. The molecule has 16 heavy (non-hydrogen) atoms. The van der Waals surface area contributed by atoms with E-state index >= 15 is 0 Å². The summed E-state index contributed by atoms with van der Waals surface area (Å²) in [7, 11) is 0. The molecule has 0 aromatic carbocycles. The molecule has 0 amide bonds. The van der Waals surface area contributed by atoms with Gasteiger partial charge in [-0.3, -0.25) is 4.79 Å². The number of carbonyl (C=O) groups excluding carboxylic acids is 2. The van der Waals surface area contributed by atoms with E-state index in [9.17, 15) is 9.59 Å². The van der Waals surface area contributed by atoms with Crippen LogP contribution in [0.1, 0.15) is 13.8 Å². The van der Waals surface area contributed by atoms with Crippen LogP contribution in [-0.4, -0.2) is 36.4 Å². The number of carbonyl (C=O) groups is 2. The third-order valence-corrected chi connectivity index (χ3v) is 1.04. The van der Waals surface area contributed by atoms with E-state index in [1.165, 1.54) is 19.9 Å². The molecule has 0 heterocycles. The van der Waals surface area contributed by atoms with Crippen LogP contribution >= 0.6 is 0 Å². The molecule has 1 N–H and O–H groups in total. The molecule has 0 aromatic rings. The molecule has 5 nitrogen and oxygen atoms in total. The van der Waals surface area contributed by atoms with E-state index in [1.54, 1.807) is 0 Å². The predicted molar refractivity (Wildman–Crippen MR) is 59.7 cm³/mol. The fourth-order valence-corrected chi connectivity index (χ4v) is 0.438. The summed E-state index contributed by atoms with van der Waals surface area (Å²) in [5.41, 5.74) is 0. The second kappa shape index (κ2) is 11.5. The maximum Gasteiger partial charge on any atom is 0.330 e. The summed E-state index contributed by atoms with van der Waals surface area (Å²) in [6.07, 6.45) is 1.98. The maximum absolute atomic E-state index is 10.3. The molecule has 0 spiro atoms. The van der Waals surface area contributed by atoms with Crippen molar-refractivity contribution in [2.75, 3.05) is 13.2 Å². The highest BCUT2D eigenvalue weighted by molar-refractivity contribution is 5.81. The molecule has 0 radical (unpaired) electrons. The topological polar surface area (TPSA) is 72.8 Å². The summed E-state index contributed by atoms with van der Waals surface area (Å²) in [6.45, 7) is 9.79. The van der Waals surface area contributed by atoms with Gasteiger partial charge in [-0.15, -0.1) is 0 Å². The lowest BCUT2D eigenvalue weighted by Gasteiger charge is -2.02. The normalized spacial score (nSPS) is 10.2. The van der Waals surface area contributed by atoms with E-state index in [4.69, 9.17) is 5.11 Å². The minimum Gasteiger partial charge on any atom is -0.462 e. The average molecular weight is 230 g/mol. The van der Waals surface area contributed by atoms with Gasteiger partial charge in [0, 0.05) is 13.0 Å². The summed E-state index contributed by atoms with van der Waals surface area (Å²) in [5.74, 6) is -0.768. The second-order valence-electron chi connectivity index (χ2n) is 2.77. The third-order valence-electron chi connectivity index (χ3n) is 1.04. The highest BCUT2D eigenvalue weighted by Gasteiger charge is 1.98. The molecule has 0 fully saturated rings. The fourth-order valence-electron chi connectivity index (χ4n) is 0.438. The first-order chi connectivity index (χ1) is 7.43. The Morgan fingerprint density at radius 1 is 1.38 bits per heavy atom. The van der Waals surface area contributed by atoms with Crippen molar-refractivity contribution in [2.45, 2.75) is 20.0 Å². The quantitative estimate of drug-likeness (QED) is 0.430. The minimum absolute atomic E-state index is 0.0326. The van der Waals surface area contributed by atoms with Crippen LogP contribution in [0.15, 0.2) is 25.3 Å². The van der Waals surface area contributed by atoms with Crippen LogP contribution in [0.3, 0.4) is 0 Å². The molecule has 0 aliphatic heterocycles. The number of ether oxygens (including phenoxy) is 2. The lowest BCUT2D eigenvalue weighted by Crippen LogP contribution is -2.13. The van der Waals surface area contributed by atoms with E-state index in [0.717, 1.165) is 6.08 Å². The molecule has 1 atom stereocenters. The van der Waals surface area contributed by atoms with Crippen molar-refractivity contribution in [3.63, 3.8) is 0 Å². The highest BCUT2D eigenvalue weighted by atomic mass is 16.5. The van der Waals surface area contributed by atoms with Gasteiger partial charge in [0.1, 0.15) is 13.2 Å². The van der Waals surface area contributed by atoms with Gasteiger partial charge in [-0.2, -0.15) is 0 Å². The first-order valence-corrected chi connectivity index (χ1v) is 4.65. The predicted octanol–water partition coefficient (Wildman–Crippen LogP) is 0.832. The van der Waals surface area contributed by atoms with Gasteiger partial charge in [-0.1, -0.05) is 19.2 Å². The minimum atomic E-state index is -0.603. The van der Waals surface area contributed by atoms with Crippen LogP contribution < -0.4 is 0 Å². The third kappa shape index (κ3) is 18.2. The van der Waals surface area contributed by atoms with Gasteiger partial charge < -0.3 is 14.6 Å². The van der Waals surface area contributed by atoms with Crippen molar-refractivity contribution >= 4 is 11.9 Å². The molecule has 0 saturated carbocycles. The zero-order chi connectivity index (χ0) is 13.0. The van der Waals surface area contributed by atoms with E-state index in [2.05, 4.69) is 22.6 Å². The Morgan fingerprint density at radius 2 is 1.94 bits per heavy atom. The number of hydrogen-bond donors (Lipinski definition) is 1. The lowest BCUT2D eigenvalue weighted by molar-refractivity contribution is -0.140. The Labute approximate surface area is 95.4 Å². The Hall–Kier alpha value is -1.62. The summed E-state index contributed by atoms with van der Waals surface area (Å²) in [6, 6.07) is 0. The van der Waals surface area contributed by atoms with Crippen molar-refractivity contribution in [3.8, 4) is 0 Å². The molecule has 5 heteroatoms. The monoisotopic (exact) mass is 230 g/mol. The summed E-state index contributed by atoms with van der Waals surface area (Å²) < 4.78 is 8.88. The molecule has 0 aliphatic carbocycles. The smallest absolute Gasteiger partial charge is 0.330 e. The fraction of sp³-hybridized carbons (Fsp3) is 0.455. The Kier molecular flexibility index (Phi) is 12.0. The van der Waals surface area contributed by atoms with Crippen molar-refractivity contribution in [2.24, 2.45) is 0 Å². The van der Waals surface area contributed by atoms with Gasteiger partial charge in [0.15, 0.2) is 0 Å². The first-order valence-electron chi connectivity index (χ1n) is 4.65. The van der Waals surface area contributed by atoms with Crippen LogP contribution in [0.25, 0.3) is 0 Å². The van der Waals surface area contributed by atoms with E-state index < -0.39 is 12.1 Å². The highest BCUT2D eigenvalue weighted by Crippen LogP contribution is 1.83. The first kappa shape index (κ1) is 16.8. The average Bonchev–Trinajstić information content (AvgIpc) is 2.23. The molecule has 0 saturated heterocycles. The van der Waals surface area contributed by atoms with Gasteiger partial charge in [-0.05, 0) is 6.92 Å². The largest absolute Gasteiger partial charge is 0.462 e. The summed E-state index contributed by atoms with van der Waals surface area (Å²) >= 11 is 0. The van der Waals surface area contributed by atoms with E-state index in [1.807, 2.05) is 0 Å². The van der Waals surface area contributed by atoms with Crippen molar-refractivity contribution < 1.29 is 24.2 Å². The molecule has 0 rings (SSSR count). The van der Waals surface area contributed by atoms with Crippen LogP contribution in [-0.2, 0) is 19.1 Å². The SMILES string of the molecule is C=CC(=O)OCC(C)O.C=CCOC(C)=O. The van der Waals surface area contributed by atoms with Gasteiger partial charge >= 0.3 is 11.9 Å².